The summed E-state index contributed by atoms with van der Waals surface area (Å²) in [6, 6.07) is 3.85. The summed E-state index contributed by atoms with van der Waals surface area (Å²) >= 11 is 0. The SMILES string of the molecule is COC(=O)c1cc(N2CCCC(N)C2)ccn1. The Morgan fingerprint density at radius 2 is 2.47 bits per heavy atom. The summed E-state index contributed by atoms with van der Waals surface area (Å²) in [5.41, 5.74) is 7.26. The Kier molecular flexibility index (Phi) is 3.58. The highest BCUT2D eigenvalue weighted by Gasteiger charge is 2.18. The molecule has 0 spiro atoms. The molecule has 2 heterocycles. The van der Waals surface area contributed by atoms with Crippen molar-refractivity contribution < 1.29 is 9.53 Å². The van der Waals surface area contributed by atoms with Crippen LogP contribution in [0.1, 0.15) is 23.3 Å². The molecule has 2 N–H and O–H groups in total. The predicted molar refractivity (Wildman–Crippen MR) is 65.0 cm³/mol. The summed E-state index contributed by atoms with van der Waals surface area (Å²) < 4.78 is 4.66. The molecule has 1 aromatic rings. The van der Waals surface area contributed by atoms with E-state index in [0.717, 1.165) is 31.6 Å². The first-order valence-corrected chi connectivity index (χ1v) is 5.75. The van der Waals surface area contributed by atoms with Crippen LogP contribution in [0.5, 0.6) is 0 Å². The summed E-state index contributed by atoms with van der Waals surface area (Å²) in [6.07, 6.45) is 3.77. The minimum Gasteiger partial charge on any atom is -0.464 e. The Labute approximate surface area is 101 Å². The first kappa shape index (κ1) is 11.9. The van der Waals surface area contributed by atoms with E-state index in [-0.39, 0.29) is 6.04 Å². The van der Waals surface area contributed by atoms with Gasteiger partial charge in [0.05, 0.1) is 7.11 Å². The number of rotatable bonds is 2. The van der Waals surface area contributed by atoms with Crippen molar-refractivity contribution in [2.24, 2.45) is 5.73 Å². The number of piperidine rings is 1. The second-order valence-electron chi connectivity index (χ2n) is 4.24. The number of hydrogen-bond donors (Lipinski definition) is 1. The average Bonchev–Trinajstić information content (AvgIpc) is 2.38. The number of nitrogens with zero attached hydrogens (tertiary/aromatic N) is 2. The van der Waals surface area contributed by atoms with Crippen molar-refractivity contribution in [3.63, 3.8) is 0 Å². The Balaban J connectivity index is 2.17. The van der Waals surface area contributed by atoms with Crippen LogP contribution in [0.25, 0.3) is 0 Å². The Bertz CT molecular complexity index is 408. The van der Waals surface area contributed by atoms with E-state index in [9.17, 15) is 4.79 Å². The zero-order valence-corrected chi connectivity index (χ0v) is 9.93. The molecule has 0 aliphatic carbocycles. The van der Waals surface area contributed by atoms with E-state index in [1.54, 1.807) is 12.3 Å². The van der Waals surface area contributed by atoms with Crippen LogP contribution >= 0.6 is 0 Å². The molecule has 1 saturated heterocycles. The monoisotopic (exact) mass is 235 g/mol. The minimum absolute atomic E-state index is 0.207. The Morgan fingerprint density at radius 1 is 1.65 bits per heavy atom. The standard InChI is InChI=1S/C12H17N3O2/c1-17-12(16)11-7-10(4-5-14-11)15-6-2-3-9(13)8-15/h4-5,7,9H,2-3,6,8,13H2,1H3. The van der Waals surface area contributed by atoms with Crippen LogP contribution in [0.2, 0.25) is 0 Å². The van der Waals surface area contributed by atoms with Gasteiger partial charge in [-0.2, -0.15) is 0 Å². The number of anilines is 1. The molecule has 92 valence electrons. The smallest absolute Gasteiger partial charge is 0.356 e. The summed E-state index contributed by atoms with van der Waals surface area (Å²) in [6.45, 7) is 1.79. The zero-order chi connectivity index (χ0) is 12.3. The number of esters is 1. The number of methoxy groups -OCH3 is 1. The molecule has 0 saturated carbocycles. The molecule has 5 heteroatoms. The quantitative estimate of drug-likeness (QED) is 0.768. The lowest BCUT2D eigenvalue weighted by Gasteiger charge is -2.32. The maximum atomic E-state index is 11.4. The van der Waals surface area contributed by atoms with Gasteiger partial charge in [-0.3, -0.25) is 0 Å². The third-order valence-electron chi connectivity index (χ3n) is 2.96. The molecule has 0 radical (unpaired) electrons. The molecule has 0 amide bonds. The van der Waals surface area contributed by atoms with Crippen molar-refractivity contribution in [3.8, 4) is 0 Å². The van der Waals surface area contributed by atoms with Crippen molar-refractivity contribution in [1.29, 1.82) is 0 Å². The van der Waals surface area contributed by atoms with Crippen LogP contribution in [0.15, 0.2) is 18.3 Å². The van der Waals surface area contributed by atoms with Gasteiger partial charge in [0.15, 0.2) is 0 Å². The first-order valence-electron chi connectivity index (χ1n) is 5.75. The van der Waals surface area contributed by atoms with Gasteiger partial charge in [-0.05, 0) is 25.0 Å². The van der Waals surface area contributed by atoms with E-state index in [4.69, 9.17) is 5.73 Å². The molecule has 1 aliphatic rings. The highest BCUT2D eigenvalue weighted by Crippen LogP contribution is 2.19. The molecule has 1 aliphatic heterocycles. The number of nitrogens with two attached hydrogens (primary N) is 1. The van der Waals surface area contributed by atoms with Crippen LogP contribution in [0.4, 0.5) is 5.69 Å². The minimum atomic E-state index is -0.409. The van der Waals surface area contributed by atoms with Gasteiger partial charge in [0.2, 0.25) is 0 Å². The van der Waals surface area contributed by atoms with Crippen LogP contribution in [0.3, 0.4) is 0 Å². The third kappa shape index (κ3) is 2.74. The molecule has 1 fully saturated rings. The van der Waals surface area contributed by atoms with Crippen molar-refractivity contribution in [2.75, 3.05) is 25.1 Å². The summed E-state index contributed by atoms with van der Waals surface area (Å²) in [5, 5.41) is 0. The van der Waals surface area contributed by atoms with Gasteiger partial charge in [-0.1, -0.05) is 0 Å². The first-order chi connectivity index (χ1) is 8.20. The molecular weight excluding hydrogens is 218 g/mol. The van der Waals surface area contributed by atoms with E-state index >= 15 is 0 Å². The number of pyridine rings is 1. The van der Waals surface area contributed by atoms with Crippen LogP contribution in [-0.4, -0.2) is 37.2 Å². The fraction of sp³-hybridized carbons (Fsp3) is 0.500. The van der Waals surface area contributed by atoms with Gasteiger partial charge < -0.3 is 15.4 Å². The molecule has 0 aromatic carbocycles. The third-order valence-corrected chi connectivity index (χ3v) is 2.96. The van der Waals surface area contributed by atoms with Gasteiger partial charge in [-0.15, -0.1) is 0 Å². The van der Waals surface area contributed by atoms with Crippen molar-refractivity contribution in [2.45, 2.75) is 18.9 Å². The number of hydrogen-bond acceptors (Lipinski definition) is 5. The predicted octanol–water partition coefficient (Wildman–Crippen LogP) is 0.796. The summed E-state index contributed by atoms with van der Waals surface area (Å²) in [4.78, 5) is 17.6. The highest BCUT2D eigenvalue weighted by molar-refractivity contribution is 5.88. The van der Waals surface area contributed by atoms with E-state index in [2.05, 4.69) is 14.6 Å². The van der Waals surface area contributed by atoms with Crippen molar-refractivity contribution in [1.82, 2.24) is 4.98 Å². The maximum Gasteiger partial charge on any atom is 0.356 e. The van der Waals surface area contributed by atoms with Gasteiger partial charge in [0.25, 0.3) is 0 Å². The summed E-state index contributed by atoms with van der Waals surface area (Å²) in [5.74, 6) is -0.409. The van der Waals surface area contributed by atoms with Crippen LogP contribution in [0, 0.1) is 0 Å². The Morgan fingerprint density at radius 3 is 3.18 bits per heavy atom. The maximum absolute atomic E-state index is 11.4. The lowest BCUT2D eigenvalue weighted by molar-refractivity contribution is 0.0594. The van der Waals surface area contributed by atoms with Gasteiger partial charge >= 0.3 is 5.97 Å². The van der Waals surface area contributed by atoms with Crippen LogP contribution in [-0.2, 0) is 4.74 Å². The van der Waals surface area contributed by atoms with Crippen LogP contribution < -0.4 is 10.6 Å². The zero-order valence-electron chi connectivity index (χ0n) is 9.93. The topological polar surface area (TPSA) is 68.5 Å². The largest absolute Gasteiger partial charge is 0.464 e. The molecule has 17 heavy (non-hydrogen) atoms. The highest BCUT2D eigenvalue weighted by atomic mass is 16.5. The molecule has 1 aromatic heterocycles. The molecule has 2 rings (SSSR count). The number of aromatic nitrogens is 1. The Hall–Kier alpha value is -1.62. The van der Waals surface area contributed by atoms with E-state index in [0.29, 0.717) is 5.69 Å². The average molecular weight is 235 g/mol. The van der Waals surface area contributed by atoms with E-state index in [1.165, 1.54) is 7.11 Å². The van der Waals surface area contributed by atoms with E-state index < -0.39 is 5.97 Å². The fourth-order valence-electron chi connectivity index (χ4n) is 2.08. The molecule has 1 unspecified atom stereocenters. The number of carbonyl (C=O) groups is 1. The normalized spacial score (nSPS) is 20.1. The fourth-order valence-corrected chi connectivity index (χ4v) is 2.08. The van der Waals surface area contributed by atoms with Gasteiger partial charge in [0, 0.05) is 31.0 Å². The second kappa shape index (κ2) is 5.14. The van der Waals surface area contributed by atoms with Gasteiger partial charge in [-0.25, -0.2) is 9.78 Å². The molecule has 5 nitrogen and oxygen atoms in total. The second-order valence-corrected chi connectivity index (χ2v) is 4.24. The molecule has 0 bridgehead atoms. The number of carbonyl (C=O) groups excluding carboxylic acids is 1. The lowest BCUT2D eigenvalue weighted by Crippen LogP contribution is -2.42. The summed E-state index contributed by atoms with van der Waals surface area (Å²) in [7, 11) is 1.35. The molecular formula is C12H17N3O2. The van der Waals surface area contributed by atoms with E-state index in [1.807, 2.05) is 6.07 Å². The van der Waals surface area contributed by atoms with Crippen molar-refractivity contribution in [3.05, 3.63) is 24.0 Å². The lowest BCUT2D eigenvalue weighted by atomic mass is 10.1. The number of ether oxygens (including phenoxy) is 1. The van der Waals surface area contributed by atoms with Gasteiger partial charge in [0.1, 0.15) is 5.69 Å². The molecule has 1 atom stereocenters. The van der Waals surface area contributed by atoms with Crippen molar-refractivity contribution >= 4 is 11.7 Å².